The second kappa shape index (κ2) is 5.73. The molecule has 2 N–H and O–H groups in total. The van der Waals surface area contributed by atoms with Crippen LogP contribution < -0.4 is 10.1 Å². The van der Waals surface area contributed by atoms with Gasteiger partial charge in [0, 0.05) is 10.2 Å². The van der Waals surface area contributed by atoms with Crippen molar-refractivity contribution in [2.45, 2.75) is 13.2 Å². The SMILES string of the molecule is COc1ccc(NC(O)c2sccc2Br)c(C)c1. The molecule has 0 fully saturated rings. The van der Waals surface area contributed by atoms with Crippen LogP contribution in [-0.4, -0.2) is 12.2 Å². The van der Waals surface area contributed by atoms with E-state index >= 15 is 0 Å². The van der Waals surface area contributed by atoms with Crippen LogP contribution in [0.5, 0.6) is 5.75 Å². The number of aryl methyl sites for hydroxylation is 1. The van der Waals surface area contributed by atoms with E-state index in [1.54, 1.807) is 7.11 Å². The Hall–Kier alpha value is -1.04. The largest absolute Gasteiger partial charge is 0.497 e. The lowest BCUT2D eigenvalue weighted by Gasteiger charge is -2.16. The Kier molecular flexibility index (Phi) is 4.27. The Morgan fingerprint density at radius 3 is 2.72 bits per heavy atom. The molecule has 0 aliphatic heterocycles. The highest BCUT2D eigenvalue weighted by atomic mass is 79.9. The van der Waals surface area contributed by atoms with Crippen LogP contribution in [0.2, 0.25) is 0 Å². The van der Waals surface area contributed by atoms with Crippen LogP contribution in [-0.2, 0) is 0 Å². The Balaban J connectivity index is 2.17. The maximum absolute atomic E-state index is 10.1. The van der Waals surface area contributed by atoms with Crippen molar-refractivity contribution in [2.24, 2.45) is 0 Å². The van der Waals surface area contributed by atoms with Crippen LogP contribution in [0.1, 0.15) is 16.7 Å². The summed E-state index contributed by atoms with van der Waals surface area (Å²) in [6, 6.07) is 7.62. The van der Waals surface area contributed by atoms with Gasteiger partial charge in [0.1, 0.15) is 5.75 Å². The molecule has 0 amide bonds. The maximum atomic E-state index is 10.1. The maximum Gasteiger partial charge on any atom is 0.161 e. The van der Waals surface area contributed by atoms with E-state index in [1.165, 1.54) is 11.3 Å². The number of hydrogen-bond acceptors (Lipinski definition) is 4. The molecule has 2 rings (SSSR count). The lowest BCUT2D eigenvalue weighted by molar-refractivity contribution is 0.211. The topological polar surface area (TPSA) is 41.5 Å². The molecule has 1 aromatic carbocycles. The number of hydrogen-bond donors (Lipinski definition) is 2. The molecule has 0 aliphatic carbocycles. The average Bonchev–Trinajstić information content (AvgIpc) is 2.78. The number of anilines is 1. The summed E-state index contributed by atoms with van der Waals surface area (Å²) < 4.78 is 6.07. The zero-order valence-corrected chi connectivity index (χ0v) is 12.5. The molecule has 1 heterocycles. The third kappa shape index (κ3) is 2.85. The molecule has 0 saturated carbocycles. The molecular formula is C13H14BrNO2S. The Morgan fingerprint density at radius 1 is 1.39 bits per heavy atom. The summed E-state index contributed by atoms with van der Waals surface area (Å²) in [4.78, 5) is 0.866. The van der Waals surface area contributed by atoms with Crippen LogP contribution >= 0.6 is 27.3 Å². The van der Waals surface area contributed by atoms with E-state index < -0.39 is 6.23 Å². The number of rotatable bonds is 4. The lowest BCUT2D eigenvalue weighted by atomic mass is 10.2. The quantitative estimate of drug-likeness (QED) is 0.836. The van der Waals surface area contributed by atoms with Crippen LogP contribution in [0.4, 0.5) is 5.69 Å². The van der Waals surface area contributed by atoms with E-state index in [0.717, 1.165) is 26.4 Å². The van der Waals surface area contributed by atoms with Gasteiger partial charge in [0.05, 0.1) is 12.0 Å². The van der Waals surface area contributed by atoms with Gasteiger partial charge in [-0.2, -0.15) is 0 Å². The van der Waals surface area contributed by atoms with Crippen molar-refractivity contribution in [3.05, 3.63) is 44.6 Å². The predicted octanol–water partition coefficient (Wildman–Crippen LogP) is 3.93. The first-order valence-corrected chi connectivity index (χ1v) is 7.11. The summed E-state index contributed by atoms with van der Waals surface area (Å²) in [5.41, 5.74) is 1.92. The minimum Gasteiger partial charge on any atom is -0.497 e. The molecule has 1 aromatic heterocycles. The highest BCUT2D eigenvalue weighted by Gasteiger charge is 2.13. The Bertz CT molecular complexity index is 542. The fourth-order valence-electron chi connectivity index (χ4n) is 1.64. The molecule has 0 saturated heterocycles. The molecule has 3 nitrogen and oxygen atoms in total. The van der Waals surface area contributed by atoms with Crippen molar-refractivity contribution in [1.82, 2.24) is 0 Å². The molecule has 1 unspecified atom stereocenters. The molecule has 18 heavy (non-hydrogen) atoms. The first kappa shape index (κ1) is 13.4. The number of aliphatic hydroxyl groups excluding tert-OH is 1. The number of thiophene rings is 1. The zero-order valence-electron chi connectivity index (χ0n) is 10.1. The first-order valence-electron chi connectivity index (χ1n) is 5.44. The minimum absolute atomic E-state index is 0.716. The normalized spacial score (nSPS) is 12.2. The van der Waals surface area contributed by atoms with Gasteiger partial charge < -0.3 is 15.2 Å². The highest BCUT2D eigenvalue weighted by molar-refractivity contribution is 9.10. The number of nitrogens with one attached hydrogen (secondary N) is 1. The summed E-state index contributed by atoms with van der Waals surface area (Å²) in [6.07, 6.45) is -0.716. The first-order chi connectivity index (χ1) is 8.61. The number of halogens is 1. The van der Waals surface area contributed by atoms with Crippen molar-refractivity contribution in [2.75, 3.05) is 12.4 Å². The van der Waals surface area contributed by atoms with Gasteiger partial charge in [-0.25, -0.2) is 0 Å². The van der Waals surface area contributed by atoms with Crippen molar-refractivity contribution >= 4 is 33.0 Å². The predicted molar refractivity (Wildman–Crippen MR) is 78.3 cm³/mol. The number of ether oxygens (including phenoxy) is 1. The van der Waals surface area contributed by atoms with Crippen LogP contribution in [0.25, 0.3) is 0 Å². The van der Waals surface area contributed by atoms with Crippen LogP contribution in [0.3, 0.4) is 0 Å². The number of aliphatic hydroxyl groups is 1. The van der Waals surface area contributed by atoms with Gasteiger partial charge >= 0.3 is 0 Å². The standard InChI is InChI=1S/C13H14BrNO2S/c1-8-7-9(17-2)3-4-11(8)15-13(16)12-10(14)5-6-18-12/h3-7,13,15-16H,1-2H3. The number of benzene rings is 1. The van der Waals surface area contributed by atoms with Gasteiger partial charge in [0.15, 0.2) is 6.23 Å². The molecule has 0 aliphatic rings. The summed E-state index contributed by atoms with van der Waals surface area (Å²) in [6.45, 7) is 1.97. The van der Waals surface area contributed by atoms with Gasteiger partial charge in [-0.15, -0.1) is 11.3 Å². The van der Waals surface area contributed by atoms with E-state index in [0.29, 0.717) is 0 Å². The van der Waals surface area contributed by atoms with E-state index in [9.17, 15) is 5.11 Å². The van der Waals surface area contributed by atoms with Crippen molar-refractivity contribution in [1.29, 1.82) is 0 Å². The molecule has 0 bridgehead atoms. The number of methoxy groups -OCH3 is 1. The summed E-state index contributed by atoms with van der Waals surface area (Å²) >= 11 is 4.92. The zero-order chi connectivity index (χ0) is 13.1. The Morgan fingerprint density at radius 2 is 2.17 bits per heavy atom. The molecule has 0 spiro atoms. The summed E-state index contributed by atoms with van der Waals surface area (Å²) in [5.74, 6) is 0.810. The van der Waals surface area contributed by atoms with Gasteiger partial charge in [-0.3, -0.25) is 0 Å². The van der Waals surface area contributed by atoms with E-state index in [2.05, 4.69) is 21.2 Å². The molecule has 2 aromatic rings. The van der Waals surface area contributed by atoms with Crippen LogP contribution in [0, 0.1) is 6.92 Å². The second-order valence-electron chi connectivity index (χ2n) is 3.86. The third-order valence-corrected chi connectivity index (χ3v) is 4.54. The van der Waals surface area contributed by atoms with Crippen molar-refractivity contribution in [3.63, 3.8) is 0 Å². The molecule has 0 radical (unpaired) electrons. The van der Waals surface area contributed by atoms with Gasteiger partial charge in [0.2, 0.25) is 0 Å². The molecule has 5 heteroatoms. The highest BCUT2D eigenvalue weighted by Crippen LogP contribution is 2.31. The fraction of sp³-hybridized carbons (Fsp3) is 0.231. The second-order valence-corrected chi connectivity index (χ2v) is 5.66. The summed E-state index contributed by atoms with van der Waals surface area (Å²) in [5, 5.41) is 15.2. The smallest absolute Gasteiger partial charge is 0.161 e. The van der Waals surface area contributed by atoms with E-state index in [1.807, 2.05) is 36.6 Å². The van der Waals surface area contributed by atoms with Crippen molar-refractivity contribution < 1.29 is 9.84 Å². The monoisotopic (exact) mass is 327 g/mol. The minimum atomic E-state index is -0.716. The van der Waals surface area contributed by atoms with E-state index in [-0.39, 0.29) is 0 Å². The molecule has 96 valence electrons. The fourth-order valence-corrected chi connectivity index (χ4v) is 3.16. The third-order valence-electron chi connectivity index (χ3n) is 2.62. The lowest BCUT2D eigenvalue weighted by Crippen LogP contribution is -2.09. The summed E-state index contributed by atoms with van der Waals surface area (Å²) in [7, 11) is 1.64. The van der Waals surface area contributed by atoms with Gasteiger partial charge in [0.25, 0.3) is 0 Å². The Labute approximate surface area is 119 Å². The molecular weight excluding hydrogens is 314 g/mol. The van der Waals surface area contributed by atoms with Crippen LogP contribution in [0.15, 0.2) is 34.1 Å². The van der Waals surface area contributed by atoms with Gasteiger partial charge in [-0.05, 0) is 58.1 Å². The molecule has 1 atom stereocenters. The van der Waals surface area contributed by atoms with E-state index in [4.69, 9.17) is 4.74 Å². The van der Waals surface area contributed by atoms with Gasteiger partial charge in [-0.1, -0.05) is 0 Å². The average molecular weight is 328 g/mol. The van der Waals surface area contributed by atoms with Crippen molar-refractivity contribution in [3.8, 4) is 5.75 Å².